The summed E-state index contributed by atoms with van der Waals surface area (Å²) in [7, 11) is 2.46. The van der Waals surface area contributed by atoms with Crippen LogP contribution < -0.4 is 21.3 Å². The summed E-state index contributed by atoms with van der Waals surface area (Å²) in [5.41, 5.74) is 2.35. The van der Waals surface area contributed by atoms with Crippen LogP contribution in [0.5, 0.6) is 0 Å². The SMILES string of the molecule is COC(=O)N[C@H](C(=O)N1CCC[C@H]1C(=O)NC1=CC(C)C2C=C(c3cnc(NC(=O)[C@@H]4CCCN4C(=O)[C@@H](NC(=O)OC)C(C)C)nc3)C=CC2=N1)C(C)C. The first kappa shape index (κ1) is 40.6. The first-order chi connectivity index (χ1) is 26.2. The van der Waals surface area contributed by atoms with Crippen molar-refractivity contribution in [2.45, 2.75) is 84.5 Å². The molecule has 1 aromatic rings. The molecule has 4 heterocycles. The van der Waals surface area contributed by atoms with E-state index in [9.17, 15) is 28.8 Å². The molecule has 1 aliphatic carbocycles. The molecule has 17 nitrogen and oxygen atoms in total. The molecule has 0 bridgehead atoms. The van der Waals surface area contributed by atoms with E-state index in [1.807, 2.05) is 52.8 Å². The van der Waals surface area contributed by atoms with E-state index in [1.54, 1.807) is 12.4 Å². The van der Waals surface area contributed by atoms with Crippen molar-refractivity contribution in [3.8, 4) is 0 Å². The van der Waals surface area contributed by atoms with Gasteiger partial charge < -0.3 is 35.2 Å². The number of aliphatic imine (C=N–C) groups is 1. The zero-order valence-corrected chi connectivity index (χ0v) is 32.3. The molecular weight excluding hydrogens is 710 g/mol. The highest BCUT2D eigenvalue weighted by atomic mass is 16.5. The number of aromatic nitrogens is 2. The molecule has 296 valence electrons. The first-order valence-corrected chi connectivity index (χ1v) is 18.7. The van der Waals surface area contributed by atoms with Crippen molar-refractivity contribution in [1.29, 1.82) is 0 Å². The minimum Gasteiger partial charge on any atom is -0.453 e. The first-order valence-electron chi connectivity index (χ1n) is 18.7. The topological polar surface area (TPSA) is 214 Å². The Labute approximate surface area is 320 Å². The smallest absolute Gasteiger partial charge is 0.407 e. The highest BCUT2D eigenvalue weighted by Gasteiger charge is 2.41. The Hall–Kier alpha value is -5.61. The van der Waals surface area contributed by atoms with Crippen LogP contribution in [0.3, 0.4) is 0 Å². The summed E-state index contributed by atoms with van der Waals surface area (Å²) in [5.74, 6) is -1.49. The number of anilines is 1. The van der Waals surface area contributed by atoms with Crippen molar-refractivity contribution < 1.29 is 38.2 Å². The third kappa shape index (κ3) is 9.38. The zero-order valence-electron chi connectivity index (χ0n) is 32.3. The fraction of sp³-hybridized carbons (Fsp3) is 0.553. The second-order valence-corrected chi connectivity index (χ2v) is 14.8. The summed E-state index contributed by atoms with van der Waals surface area (Å²) in [6.07, 6.45) is 11.8. The van der Waals surface area contributed by atoms with Crippen molar-refractivity contribution in [3.63, 3.8) is 0 Å². The molecule has 0 saturated carbocycles. The van der Waals surface area contributed by atoms with E-state index in [0.717, 1.165) is 16.8 Å². The standard InChI is InChI=1S/C38H51N9O8/c1-20(2)30(43-37(52)54-6)34(50)46-14-8-10-27(46)32(48)42-29-16-22(5)25-17-23(12-13-26(25)41-29)24-18-39-36(40-19-24)45-33(49)28-11-9-15-47(28)35(51)31(21(3)4)44-38(53)55-7/h12-13,16-22,25,27-28,30-31H,8-11,14-15H2,1-7H3,(H,42,48)(H,43,52)(H,44,53)(H,39,40,45,49)/t22?,25?,27-,28-,30-,31-/m0/s1. The summed E-state index contributed by atoms with van der Waals surface area (Å²) in [4.78, 5) is 93.8. The number of carbonyl (C=O) groups is 6. The van der Waals surface area contributed by atoms with Gasteiger partial charge in [-0.1, -0.05) is 46.8 Å². The lowest BCUT2D eigenvalue weighted by atomic mass is 9.81. The average molecular weight is 762 g/mol. The van der Waals surface area contributed by atoms with E-state index in [4.69, 9.17) is 9.73 Å². The van der Waals surface area contributed by atoms with Crippen molar-refractivity contribution in [1.82, 2.24) is 35.7 Å². The normalized spacial score (nSPS) is 22.8. The number of hydrogen-bond donors (Lipinski definition) is 4. The average Bonchev–Trinajstić information content (AvgIpc) is 3.86. The van der Waals surface area contributed by atoms with E-state index < -0.39 is 42.3 Å². The summed E-state index contributed by atoms with van der Waals surface area (Å²) in [6, 6.07) is -3.10. The van der Waals surface area contributed by atoms with Gasteiger partial charge in [-0.25, -0.2) is 24.5 Å². The number of hydrogen-bond acceptors (Lipinski definition) is 11. The number of carbonyl (C=O) groups excluding carboxylic acids is 6. The Bertz CT molecular complexity index is 1790. The van der Waals surface area contributed by atoms with Gasteiger partial charge in [-0.3, -0.25) is 24.5 Å². The van der Waals surface area contributed by atoms with Crippen LogP contribution in [0.2, 0.25) is 0 Å². The molecule has 5 rings (SSSR count). The van der Waals surface area contributed by atoms with Gasteiger partial charge in [0.05, 0.1) is 19.9 Å². The number of amides is 6. The molecule has 0 radical (unpaired) electrons. The third-order valence-electron chi connectivity index (χ3n) is 10.3. The third-order valence-corrected chi connectivity index (χ3v) is 10.3. The van der Waals surface area contributed by atoms with Crippen LogP contribution >= 0.6 is 0 Å². The predicted molar refractivity (Wildman–Crippen MR) is 202 cm³/mol. The molecule has 55 heavy (non-hydrogen) atoms. The molecule has 0 spiro atoms. The number of methoxy groups -OCH3 is 2. The van der Waals surface area contributed by atoms with Gasteiger partial charge in [0.2, 0.25) is 29.6 Å². The largest absolute Gasteiger partial charge is 0.453 e. The van der Waals surface area contributed by atoms with Gasteiger partial charge in [0.15, 0.2) is 0 Å². The maximum atomic E-state index is 13.5. The molecule has 6 atom stereocenters. The molecule has 4 aliphatic rings. The maximum absolute atomic E-state index is 13.5. The number of nitrogens with one attached hydrogen (secondary N) is 4. The van der Waals surface area contributed by atoms with Crippen LogP contribution in [-0.4, -0.2) is 113 Å². The fourth-order valence-corrected chi connectivity index (χ4v) is 7.25. The number of fused-ring (bicyclic) bond motifs is 1. The van der Waals surface area contributed by atoms with Gasteiger partial charge in [0.1, 0.15) is 30.0 Å². The Kier molecular flexibility index (Phi) is 13.0. The van der Waals surface area contributed by atoms with Crippen molar-refractivity contribution in [3.05, 3.63) is 48.1 Å². The molecule has 2 saturated heterocycles. The minimum absolute atomic E-state index is 0.0340. The Morgan fingerprint density at radius 3 is 1.75 bits per heavy atom. The fourth-order valence-electron chi connectivity index (χ4n) is 7.25. The summed E-state index contributed by atoms with van der Waals surface area (Å²) >= 11 is 0. The van der Waals surface area contributed by atoms with Crippen LogP contribution in [0, 0.1) is 23.7 Å². The van der Waals surface area contributed by atoms with Crippen LogP contribution in [0.25, 0.3) is 5.57 Å². The molecule has 2 unspecified atom stereocenters. The number of allylic oxidation sites excluding steroid dienone is 5. The van der Waals surface area contributed by atoms with Crippen molar-refractivity contribution in [2.24, 2.45) is 28.7 Å². The monoisotopic (exact) mass is 761 g/mol. The van der Waals surface area contributed by atoms with Crippen LogP contribution in [-0.2, 0) is 28.7 Å². The maximum Gasteiger partial charge on any atom is 0.407 e. The van der Waals surface area contributed by atoms with Gasteiger partial charge >= 0.3 is 12.2 Å². The quantitative estimate of drug-likeness (QED) is 0.259. The van der Waals surface area contributed by atoms with E-state index in [0.29, 0.717) is 44.6 Å². The molecule has 6 amide bonds. The van der Waals surface area contributed by atoms with Crippen molar-refractivity contribution in [2.75, 3.05) is 32.6 Å². The lowest BCUT2D eigenvalue weighted by Gasteiger charge is -2.31. The number of rotatable bonds is 11. The summed E-state index contributed by atoms with van der Waals surface area (Å²) in [6.45, 7) is 10.1. The molecule has 2 fully saturated rings. The molecule has 4 N–H and O–H groups in total. The molecule has 1 aromatic heterocycles. The van der Waals surface area contributed by atoms with E-state index in [-0.39, 0.29) is 47.3 Å². The van der Waals surface area contributed by atoms with E-state index in [2.05, 4.69) is 42.0 Å². The van der Waals surface area contributed by atoms with Gasteiger partial charge in [-0.15, -0.1) is 0 Å². The molecule has 17 heteroatoms. The van der Waals surface area contributed by atoms with Gasteiger partial charge in [-0.2, -0.15) is 0 Å². The Balaban J connectivity index is 1.19. The van der Waals surface area contributed by atoms with Gasteiger partial charge in [-0.05, 0) is 61.2 Å². The predicted octanol–water partition coefficient (Wildman–Crippen LogP) is 2.78. The highest BCUT2D eigenvalue weighted by molar-refractivity contribution is 6.05. The van der Waals surface area contributed by atoms with E-state index in [1.165, 1.54) is 24.0 Å². The lowest BCUT2D eigenvalue weighted by Crippen LogP contribution is -2.55. The minimum atomic E-state index is -0.839. The van der Waals surface area contributed by atoms with Gasteiger partial charge in [0, 0.05) is 37.0 Å². The lowest BCUT2D eigenvalue weighted by molar-refractivity contribution is -0.140. The van der Waals surface area contributed by atoms with Crippen molar-refractivity contribution >= 4 is 53.0 Å². The Morgan fingerprint density at radius 1 is 0.745 bits per heavy atom. The highest BCUT2D eigenvalue weighted by Crippen LogP contribution is 2.32. The second-order valence-electron chi connectivity index (χ2n) is 14.8. The summed E-state index contributed by atoms with van der Waals surface area (Å²) in [5, 5.41) is 10.8. The molecular formula is C38H51N9O8. The molecule has 3 aliphatic heterocycles. The van der Waals surface area contributed by atoms with Crippen LogP contribution in [0.15, 0.2) is 47.5 Å². The second kappa shape index (κ2) is 17.7. The van der Waals surface area contributed by atoms with Crippen LogP contribution in [0.1, 0.15) is 65.9 Å². The number of alkyl carbamates (subject to hydrolysis) is 2. The summed E-state index contributed by atoms with van der Waals surface area (Å²) < 4.78 is 9.37. The number of likely N-dealkylation sites (tertiary alicyclic amines) is 2. The number of ether oxygens (including phenoxy) is 2. The van der Waals surface area contributed by atoms with Gasteiger partial charge in [0.25, 0.3) is 0 Å². The van der Waals surface area contributed by atoms with Crippen LogP contribution in [0.4, 0.5) is 15.5 Å². The molecule has 0 aromatic carbocycles. The zero-order chi connectivity index (χ0) is 40.0. The Morgan fingerprint density at radius 2 is 1.25 bits per heavy atom. The van der Waals surface area contributed by atoms with E-state index >= 15 is 0 Å². The number of nitrogens with zero attached hydrogens (tertiary/aromatic N) is 5.